The Kier molecular flexibility index (Phi) is 6.17. The minimum absolute atomic E-state index is 0.510. The summed E-state index contributed by atoms with van der Waals surface area (Å²) in [6.07, 6.45) is 0. The van der Waals surface area contributed by atoms with E-state index >= 15 is 0 Å². The number of rotatable bonds is 4. The lowest BCUT2D eigenvalue weighted by molar-refractivity contribution is 0.672. The van der Waals surface area contributed by atoms with Crippen molar-refractivity contribution < 1.29 is 4.42 Å². The Morgan fingerprint density at radius 1 is 0.442 bits per heavy atom. The Morgan fingerprint density at radius 3 is 1.77 bits per heavy atom. The molecular formula is C49H30N2O. The van der Waals surface area contributed by atoms with Gasteiger partial charge in [-0.15, -0.1) is 0 Å². The Balaban J connectivity index is 1.32. The Bertz CT molecular complexity index is 2960. The summed E-state index contributed by atoms with van der Waals surface area (Å²) in [5, 5.41) is 4.32. The Labute approximate surface area is 300 Å². The summed E-state index contributed by atoms with van der Waals surface area (Å²) in [7, 11) is 0. The third-order valence-corrected chi connectivity index (χ3v) is 10.9. The second kappa shape index (κ2) is 11.1. The van der Waals surface area contributed by atoms with Crippen molar-refractivity contribution in [2.45, 2.75) is 5.41 Å². The summed E-state index contributed by atoms with van der Waals surface area (Å²) in [6, 6.07) is 64.7. The van der Waals surface area contributed by atoms with Crippen LogP contribution in [0.15, 0.2) is 186 Å². The number of aromatic nitrogens is 2. The van der Waals surface area contributed by atoms with Crippen LogP contribution in [0.2, 0.25) is 0 Å². The highest BCUT2D eigenvalue weighted by atomic mass is 16.3. The zero-order valence-corrected chi connectivity index (χ0v) is 28.1. The van der Waals surface area contributed by atoms with E-state index in [-0.39, 0.29) is 0 Å². The van der Waals surface area contributed by atoms with Gasteiger partial charge in [-0.3, -0.25) is 0 Å². The van der Waals surface area contributed by atoms with Gasteiger partial charge >= 0.3 is 0 Å². The highest BCUT2D eigenvalue weighted by Crippen LogP contribution is 2.59. The van der Waals surface area contributed by atoms with Crippen molar-refractivity contribution in [3.05, 3.63) is 204 Å². The van der Waals surface area contributed by atoms with Gasteiger partial charge in [-0.05, 0) is 63.0 Å². The fraction of sp³-hybridized carbons (Fsp3) is 0.0204. The molecule has 3 heteroatoms. The van der Waals surface area contributed by atoms with Gasteiger partial charge in [-0.25, -0.2) is 9.97 Å². The summed E-state index contributed by atoms with van der Waals surface area (Å²) >= 11 is 0. The van der Waals surface area contributed by atoms with Crippen LogP contribution in [-0.4, -0.2) is 9.97 Å². The quantitative estimate of drug-likeness (QED) is 0.188. The largest absolute Gasteiger partial charge is 0.455 e. The standard InChI is InChI=1S/C49H30N2O/c1-4-16-31(17-5-1)46-47(51-41-26-14-13-25-40(41)50-46)37-30-32-28-29-39-45(43(32)48-44(37)36-23-11-15-27-42(36)52-48)35-22-10-12-24-38(35)49(39,33-18-6-2-7-19-33)34-20-8-3-9-21-34/h1-30H. The van der Waals surface area contributed by atoms with Crippen LogP contribution in [0.25, 0.3) is 77.4 Å². The van der Waals surface area contributed by atoms with Gasteiger partial charge in [0, 0.05) is 27.3 Å². The van der Waals surface area contributed by atoms with E-state index in [1.54, 1.807) is 0 Å². The number of para-hydroxylation sites is 3. The second-order valence-electron chi connectivity index (χ2n) is 13.6. The molecule has 0 bridgehead atoms. The lowest BCUT2D eigenvalue weighted by atomic mass is 9.67. The second-order valence-corrected chi connectivity index (χ2v) is 13.6. The first-order valence-corrected chi connectivity index (χ1v) is 17.8. The SMILES string of the molecule is c1ccc(-c2nc3ccccc3nc2-c2cc3ccc4c(c3c3oc5ccccc5c23)-c2ccccc2C4(c2ccccc2)c2ccccc2)cc1. The predicted molar refractivity (Wildman–Crippen MR) is 212 cm³/mol. The van der Waals surface area contributed by atoms with Crippen molar-refractivity contribution in [3.8, 4) is 33.6 Å². The molecule has 0 spiro atoms. The molecule has 1 aliphatic rings. The van der Waals surface area contributed by atoms with Crippen molar-refractivity contribution in [1.82, 2.24) is 9.97 Å². The molecule has 11 rings (SSSR count). The number of benzene rings is 8. The molecule has 52 heavy (non-hydrogen) atoms. The fourth-order valence-corrected chi connectivity index (χ4v) is 8.80. The highest BCUT2D eigenvalue weighted by molar-refractivity contribution is 6.25. The van der Waals surface area contributed by atoms with E-state index in [9.17, 15) is 0 Å². The summed E-state index contributed by atoms with van der Waals surface area (Å²) < 4.78 is 7.03. The van der Waals surface area contributed by atoms with Gasteiger partial charge in [0.1, 0.15) is 11.2 Å². The summed E-state index contributed by atoms with van der Waals surface area (Å²) in [5.41, 5.74) is 14.1. The number of fused-ring (bicyclic) bond motifs is 10. The number of furan rings is 1. The zero-order valence-electron chi connectivity index (χ0n) is 28.1. The molecule has 10 aromatic rings. The van der Waals surface area contributed by atoms with Gasteiger partial charge in [0.25, 0.3) is 0 Å². The maximum Gasteiger partial charge on any atom is 0.144 e. The molecule has 0 amide bonds. The van der Waals surface area contributed by atoms with E-state index in [1.807, 2.05) is 36.4 Å². The minimum Gasteiger partial charge on any atom is -0.455 e. The van der Waals surface area contributed by atoms with Crippen LogP contribution in [-0.2, 0) is 5.41 Å². The molecule has 3 nitrogen and oxygen atoms in total. The molecule has 0 saturated heterocycles. The first-order valence-electron chi connectivity index (χ1n) is 17.8. The summed E-state index contributed by atoms with van der Waals surface area (Å²) in [5.74, 6) is 0. The number of hydrogen-bond acceptors (Lipinski definition) is 3. The van der Waals surface area contributed by atoms with Gasteiger partial charge in [0.15, 0.2) is 0 Å². The molecule has 242 valence electrons. The molecular weight excluding hydrogens is 633 g/mol. The van der Waals surface area contributed by atoms with Gasteiger partial charge in [0.2, 0.25) is 0 Å². The minimum atomic E-state index is -0.510. The molecule has 0 atom stereocenters. The van der Waals surface area contributed by atoms with Crippen LogP contribution in [0.4, 0.5) is 0 Å². The van der Waals surface area contributed by atoms with Crippen LogP contribution in [0.1, 0.15) is 22.3 Å². The Morgan fingerprint density at radius 2 is 1.04 bits per heavy atom. The van der Waals surface area contributed by atoms with Crippen molar-refractivity contribution in [3.63, 3.8) is 0 Å². The van der Waals surface area contributed by atoms with Gasteiger partial charge in [-0.1, -0.05) is 158 Å². The van der Waals surface area contributed by atoms with Gasteiger partial charge < -0.3 is 4.42 Å². The number of hydrogen-bond donors (Lipinski definition) is 0. The number of nitrogens with zero attached hydrogens (tertiary/aromatic N) is 2. The third-order valence-electron chi connectivity index (χ3n) is 10.9. The van der Waals surface area contributed by atoms with Crippen molar-refractivity contribution >= 4 is 43.7 Å². The van der Waals surface area contributed by atoms with E-state index in [0.717, 1.165) is 66.3 Å². The average molecular weight is 663 g/mol. The molecule has 8 aromatic carbocycles. The molecule has 0 unspecified atom stereocenters. The molecule has 0 aliphatic heterocycles. The highest BCUT2D eigenvalue weighted by Gasteiger charge is 2.47. The molecule has 2 aromatic heterocycles. The lowest BCUT2D eigenvalue weighted by Gasteiger charge is -2.33. The first kappa shape index (κ1) is 28.9. The molecule has 2 heterocycles. The van der Waals surface area contributed by atoms with Crippen LogP contribution >= 0.6 is 0 Å². The molecule has 1 aliphatic carbocycles. The van der Waals surface area contributed by atoms with E-state index in [4.69, 9.17) is 14.4 Å². The van der Waals surface area contributed by atoms with Crippen LogP contribution < -0.4 is 0 Å². The van der Waals surface area contributed by atoms with Crippen LogP contribution in [0.3, 0.4) is 0 Å². The van der Waals surface area contributed by atoms with Gasteiger partial charge in [0.05, 0.1) is 27.8 Å². The van der Waals surface area contributed by atoms with Crippen molar-refractivity contribution in [2.24, 2.45) is 0 Å². The monoisotopic (exact) mass is 662 g/mol. The van der Waals surface area contributed by atoms with E-state index in [1.165, 1.54) is 33.4 Å². The third kappa shape index (κ3) is 3.96. The maximum absolute atomic E-state index is 7.03. The van der Waals surface area contributed by atoms with Crippen LogP contribution in [0, 0.1) is 0 Å². The van der Waals surface area contributed by atoms with Crippen molar-refractivity contribution in [2.75, 3.05) is 0 Å². The fourth-order valence-electron chi connectivity index (χ4n) is 8.80. The van der Waals surface area contributed by atoms with E-state index in [2.05, 4.69) is 146 Å². The molecule has 0 fully saturated rings. The topological polar surface area (TPSA) is 38.9 Å². The van der Waals surface area contributed by atoms with Gasteiger partial charge in [-0.2, -0.15) is 0 Å². The van der Waals surface area contributed by atoms with Crippen LogP contribution in [0.5, 0.6) is 0 Å². The smallest absolute Gasteiger partial charge is 0.144 e. The van der Waals surface area contributed by atoms with E-state index < -0.39 is 5.41 Å². The molecule has 0 radical (unpaired) electrons. The maximum atomic E-state index is 7.03. The van der Waals surface area contributed by atoms with E-state index in [0.29, 0.717) is 0 Å². The zero-order chi connectivity index (χ0) is 34.2. The molecule has 0 saturated carbocycles. The first-order chi connectivity index (χ1) is 25.8. The summed E-state index contributed by atoms with van der Waals surface area (Å²) in [4.78, 5) is 10.6. The summed E-state index contributed by atoms with van der Waals surface area (Å²) in [6.45, 7) is 0. The normalized spacial score (nSPS) is 13.2. The lowest BCUT2D eigenvalue weighted by Crippen LogP contribution is -2.28. The molecule has 0 N–H and O–H groups in total. The Hall–Kier alpha value is -6.84. The predicted octanol–water partition coefficient (Wildman–Crippen LogP) is 12.4. The average Bonchev–Trinajstić information content (AvgIpc) is 3.76. The van der Waals surface area contributed by atoms with Crippen molar-refractivity contribution in [1.29, 1.82) is 0 Å².